The van der Waals surface area contributed by atoms with E-state index in [0.717, 1.165) is 5.39 Å². The Kier molecular flexibility index (Phi) is 1.66. The van der Waals surface area contributed by atoms with Crippen molar-refractivity contribution in [2.45, 2.75) is 0 Å². The van der Waals surface area contributed by atoms with Crippen LogP contribution in [0.2, 0.25) is 5.02 Å². The smallest absolute Gasteiger partial charge is 0.168 e. The highest BCUT2D eigenvalue weighted by atomic mass is 35.5. The number of halogens is 1. The van der Waals surface area contributed by atoms with Crippen molar-refractivity contribution >= 4 is 22.6 Å². The van der Waals surface area contributed by atoms with Gasteiger partial charge in [0.1, 0.15) is 5.75 Å². The molecule has 1 heterocycles. The first-order valence-corrected chi connectivity index (χ1v) is 3.77. The van der Waals surface area contributed by atoms with Crippen molar-refractivity contribution in [2.75, 3.05) is 7.11 Å². The van der Waals surface area contributed by atoms with Gasteiger partial charge in [0, 0.05) is 0 Å². The van der Waals surface area contributed by atoms with E-state index in [2.05, 4.69) is 5.16 Å². The van der Waals surface area contributed by atoms with Gasteiger partial charge in [-0.05, 0) is 12.1 Å². The summed E-state index contributed by atoms with van der Waals surface area (Å²) in [6.07, 6.45) is 1.57. The van der Waals surface area contributed by atoms with Gasteiger partial charge in [0.05, 0.1) is 23.7 Å². The van der Waals surface area contributed by atoms with Crippen LogP contribution in [-0.2, 0) is 0 Å². The van der Waals surface area contributed by atoms with Crippen LogP contribution in [0.4, 0.5) is 0 Å². The van der Waals surface area contributed by atoms with Crippen molar-refractivity contribution in [3.05, 3.63) is 23.4 Å². The number of nitrogens with zero attached hydrogens (tertiary/aromatic N) is 1. The number of benzene rings is 1. The van der Waals surface area contributed by atoms with Crippen LogP contribution >= 0.6 is 11.6 Å². The molecule has 62 valence electrons. The molecular formula is C8H6ClNO2. The number of methoxy groups -OCH3 is 1. The first-order valence-electron chi connectivity index (χ1n) is 3.40. The quantitative estimate of drug-likeness (QED) is 0.682. The van der Waals surface area contributed by atoms with Gasteiger partial charge in [-0.1, -0.05) is 16.8 Å². The van der Waals surface area contributed by atoms with Gasteiger partial charge in [-0.2, -0.15) is 0 Å². The highest BCUT2D eigenvalue weighted by molar-refractivity contribution is 6.36. The van der Waals surface area contributed by atoms with Crippen LogP contribution in [0.1, 0.15) is 0 Å². The lowest BCUT2D eigenvalue weighted by Gasteiger charge is -2.00. The Morgan fingerprint density at radius 2 is 2.33 bits per heavy atom. The maximum atomic E-state index is 5.96. The van der Waals surface area contributed by atoms with E-state index in [-0.39, 0.29) is 0 Å². The van der Waals surface area contributed by atoms with Crippen molar-refractivity contribution in [3.63, 3.8) is 0 Å². The van der Waals surface area contributed by atoms with Crippen molar-refractivity contribution in [2.24, 2.45) is 0 Å². The number of aromatic nitrogens is 1. The summed E-state index contributed by atoms with van der Waals surface area (Å²) in [5.41, 5.74) is 0.667. The van der Waals surface area contributed by atoms with Crippen molar-refractivity contribution in [1.29, 1.82) is 0 Å². The van der Waals surface area contributed by atoms with E-state index < -0.39 is 0 Å². The zero-order chi connectivity index (χ0) is 8.55. The molecule has 0 N–H and O–H groups in total. The third-order valence-corrected chi connectivity index (χ3v) is 2.05. The summed E-state index contributed by atoms with van der Waals surface area (Å²) in [7, 11) is 1.57. The Labute approximate surface area is 73.9 Å². The molecule has 0 aliphatic heterocycles. The lowest BCUT2D eigenvalue weighted by molar-refractivity contribution is 0.415. The van der Waals surface area contributed by atoms with Gasteiger partial charge < -0.3 is 9.26 Å². The Hall–Kier alpha value is -1.22. The molecule has 4 heteroatoms. The number of hydrogen-bond donors (Lipinski definition) is 0. The SMILES string of the molecule is COc1ccc2oncc2c1Cl. The molecular weight excluding hydrogens is 178 g/mol. The van der Waals surface area contributed by atoms with Crippen LogP contribution in [0.3, 0.4) is 0 Å². The van der Waals surface area contributed by atoms with Crippen LogP contribution in [0.25, 0.3) is 11.0 Å². The van der Waals surface area contributed by atoms with Crippen LogP contribution < -0.4 is 4.74 Å². The highest BCUT2D eigenvalue weighted by Crippen LogP contribution is 2.31. The fraction of sp³-hybridized carbons (Fsp3) is 0.125. The first-order chi connectivity index (χ1) is 5.83. The van der Waals surface area contributed by atoms with Gasteiger partial charge in [-0.25, -0.2) is 0 Å². The monoisotopic (exact) mass is 183 g/mol. The fourth-order valence-corrected chi connectivity index (χ4v) is 1.33. The third-order valence-electron chi connectivity index (χ3n) is 1.66. The minimum absolute atomic E-state index is 0.538. The zero-order valence-corrected chi connectivity index (χ0v) is 7.13. The predicted octanol–water partition coefficient (Wildman–Crippen LogP) is 2.49. The predicted molar refractivity (Wildman–Crippen MR) is 45.6 cm³/mol. The number of ether oxygens (including phenoxy) is 1. The summed E-state index contributed by atoms with van der Waals surface area (Å²) in [6.45, 7) is 0. The molecule has 0 spiro atoms. The minimum Gasteiger partial charge on any atom is -0.495 e. The van der Waals surface area contributed by atoms with Crippen LogP contribution in [0, 0.1) is 0 Å². The average Bonchev–Trinajstić information content (AvgIpc) is 2.53. The van der Waals surface area contributed by atoms with Gasteiger partial charge in [0.15, 0.2) is 5.58 Å². The molecule has 3 nitrogen and oxygen atoms in total. The molecule has 12 heavy (non-hydrogen) atoms. The molecule has 1 aromatic carbocycles. The highest BCUT2D eigenvalue weighted by Gasteiger charge is 2.07. The van der Waals surface area contributed by atoms with E-state index in [1.54, 1.807) is 25.4 Å². The second-order valence-corrected chi connectivity index (χ2v) is 2.70. The number of fused-ring (bicyclic) bond motifs is 1. The fourth-order valence-electron chi connectivity index (χ4n) is 1.05. The van der Waals surface area contributed by atoms with Gasteiger partial charge in [0.2, 0.25) is 0 Å². The molecule has 0 unspecified atom stereocenters. The van der Waals surface area contributed by atoms with Crippen molar-refractivity contribution in [1.82, 2.24) is 5.16 Å². The van der Waals surface area contributed by atoms with Gasteiger partial charge >= 0.3 is 0 Å². The molecule has 0 fully saturated rings. The maximum absolute atomic E-state index is 5.96. The molecule has 0 atom stereocenters. The molecule has 1 aromatic heterocycles. The Balaban J connectivity index is 2.78. The van der Waals surface area contributed by atoms with E-state index in [1.807, 2.05) is 0 Å². The average molecular weight is 184 g/mol. The Morgan fingerprint density at radius 1 is 1.50 bits per heavy atom. The molecule has 0 bridgehead atoms. The molecule has 2 rings (SSSR count). The van der Waals surface area contributed by atoms with Gasteiger partial charge in [-0.3, -0.25) is 0 Å². The second-order valence-electron chi connectivity index (χ2n) is 2.32. The van der Waals surface area contributed by atoms with E-state index in [4.69, 9.17) is 20.9 Å². The van der Waals surface area contributed by atoms with Gasteiger partial charge in [-0.15, -0.1) is 0 Å². The van der Waals surface area contributed by atoms with Crippen molar-refractivity contribution in [3.8, 4) is 5.75 Å². The zero-order valence-electron chi connectivity index (χ0n) is 6.37. The molecule has 0 aliphatic carbocycles. The van der Waals surface area contributed by atoms with E-state index in [9.17, 15) is 0 Å². The lowest BCUT2D eigenvalue weighted by atomic mass is 10.2. The summed E-state index contributed by atoms with van der Waals surface area (Å²) in [5.74, 6) is 0.632. The summed E-state index contributed by atoms with van der Waals surface area (Å²) >= 11 is 5.96. The first kappa shape index (κ1) is 7.43. The molecule has 2 aromatic rings. The van der Waals surface area contributed by atoms with E-state index >= 15 is 0 Å². The summed E-state index contributed by atoms with van der Waals surface area (Å²) < 4.78 is 9.93. The summed E-state index contributed by atoms with van der Waals surface area (Å²) in [5, 5.41) is 4.93. The van der Waals surface area contributed by atoms with E-state index in [0.29, 0.717) is 16.4 Å². The molecule has 0 saturated heterocycles. The topological polar surface area (TPSA) is 35.3 Å². The van der Waals surface area contributed by atoms with Crippen molar-refractivity contribution < 1.29 is 9.26 Å². The molecule has 0 radical (unpaired) electrons. The Morgan fingerprint density at radius 3 is 3.08 bits per heavy atom. The lowest BCUT2D eigenvalue weighted by Crippen LogP contribution is -1.82. The third kappa shape index (κ3) is 0.940. The van der Waals surface area contributed by atoms with Gasteiger partial charge in [0.25, 0.3) is 0 Å². The summed E-state index contributed by atoms with van der Waals surface area (Å²) in [4.78, 5) is 0. The standard InChI is InChI=1S/C8H6ClNO2/c1-11-7-3-2-6-5(8(7)9)4-10-12-6/h2-4H,1H3. The molecule has 0 aliphatic rings. The number of rotatable bonds is 1. The summed E-state index contributed by atoms with van der Waals surface area (Å²) in [6, 6.07) is 3.52. The maximum Gasteiger partial charge on any atom is 0.168 e. The van der Waals surface area contributed by atoms with Crippen LogP contribution in [0.15, 0.2) is 22.9 Å². The largest absolute Gasteiger partial charge is 0.495 e. The van der Waals surface area contributed by atoms with Crippen LogP contribution in [-0.4, -0.2) is 12.3 Å². The second kappa shape index (κ2) is 2.68. The van der Waals surface area contributed by atoms with E-state index in [1.165, 1.54) is 0 Å². The normalized spacial score (nSPS) is 10.5. The Bertz CT molecular complexity index is 410. The van der Waals surface area contributed by atoms with Crippen LogP contribution in [0.5, 0.6) is 5.75 Å². The minimum atomic E-state index is 0.538. The number of hydrogen-bond acceptors (Lipinski definition) is 3. The molecule has 0 amide bonds. The molecule has 0 saturated carbocycles.